The Hall–Kier alpha value is -0.540. The van der Waals surface area contributed by atoms with Gasteiger partial charge in [-0.1, -0.05) is 18.6 Å². The normalized spacial score (nSPS) is 43.6. The highest BCUT2D eigenvalue weighted by Crippen LogP contribution is 2.48. The molecule has 0 radical (unpaired) electrons. The zero-order valence-electron chi connectivity index (χ0n) is 17.7. The zero-order chi connectivity index (χ0) is 21.3. The molecule has 0 amide bonds. The van der Waals surface area contributed by atoms with Crippen molar-refractivity contribution >= 4 is 0 Å². The van der Waals surface area contributed by atoms with Crippen LogP contribution in [0, 0.1) is 11.8 Å². The van der Waals surface area contributed by atoms with Gasteiger partial charge in [-0.2, -0.15) is 0 Å². The Labute approximate surface area is 168 Å². The van der Waals surface area contributed by atoms with Gasteiger partial charge in [-0.15, -0.1) is 0 Å². The van der Waals surface area contributed by atoms with E-state index in [-0.39, 0.29) is 11.8 Å². The van der Waals surface area contributed by atoms with Gasteiger partial charge in [-0.05, 0) is 65.2 Å². The van der Waals surface area contributed by atoms with E-state index in [1.54, 1.807) is 0 Å². The van der Waals surface area contributed by atoms with E-state index in [4.69, 9.17) is 9.47 Å². The molecular weight excluding hydrogens is 364 g/mol. The lowest BCUT2D eigenvalue weighted by Gasteiger charge is -2.46. The van der Waals surface area contributed by atoms with E-state index in [0.717, 1.165) is 12.8 Å². The minimum atomic E-state index is -1.47. The van der Waals surface area contributed by atoms with Gasteiger partial charge in [0.25, 0.3) is 0 Å². The van der Waals surface area contributed by atoms with Crippen molar-refractivity contribution in [3.63, 3.8) is 0 Å². The predicted molar refractivity (Wildman–Crippen MR) is 104 cm³/mol. The van der Waals surface area contributed by atoms with Gasteiger partial charge in [-0.3, -0.25) is 0 Å². The number of hydrogen-bond acceptors (Lipinski definition) is 7. The Morgan fingerprint density at radius 3 is 2.36 bits per heavy atom. The number of rotatable bonds is 7. The van der Waals surface area contributed by atoms with Crippen molar-refractivity contribution < 1.29 is 35.0 Å². The van der Waals surface area contributed by atoms with Crippen molar-refractivity contribution in [1.29, 1.82) is 0 Å². The largest absolute Gasteiger partial charge is 0.394 e. The molecule has 0 spiro atoms. The summed E-state index contributed by atoms with van der Waals surface area (Å²) in [4.78, 5) is 0. The SMILES string of the molecule is CC(C)=CCCC(C)(OC1OC(CO)C(O)C(O)C1O)C1CCC(C)(O)C1C. The molecule has 1 heterocycles. The summed E-state index contributed by atoms with van der Waals surface area (Å²) < 4.78 is 11.9. The third kappa shape index (κ3) is 4.95. The molecule has 7 nitrogen and oxygen atoms in total. The first-order valence-corrected chi connectivity index (χ1v) is 10.3. The fourth-order valence-electron chi connectivity index (χ4n) is 4.60. The minimum Gasteiger partial charge on any atom is -0.394 e. The molecule has 1 saturated heterocycles. The highest BCUT2D eigenvalue weighted by atomic mass is 16.7. The maximum absolute atomic E-state index is 10.7. The van der Waals surface area contributed by atoms with E-state index in [2.05, 4.69) is 6.08 Å². The van der Waals surface area contributed by atoms with Gasteiger partial charge in [0.1, 0.15) is 24.4 Å². The number of hydrogen-bond donors (Lipinski definition) is 5. The molecule has 2 fully saturated rings. The van der Waals surface area contributed by atoms with Crippen LogP contribution in [0.3, 0.4) is 0 Å². The maximum atomic E-state index is 10.7. The highest BCUT2D eigenvalue weighted by molar-refractivity contribution is 5.03. The molecule has 164 valence electrons. The van der Waals surface area contributed by atoms with Crippen molar-refractivity contribution in [3.05, 3.63) is 11.6 Å². The van der Waals surface area contributed by atoms with Crippen LogP contribution in [-0.2, 0) is 9.47 Å². The van der Waals surface area contributed by atoms with E-state index in [1.165, 1.54) is 5.57 Å². The molecule has 2 aliphatic rings. The van der Waals surface area contributed by atoms with Gasteiger partial charge in [0.05, 0.1) is 17.8 Å². The lowest BCUT2D eigenvalue weighted by atomic mass is 9.76. The van der Waals surface area contributed by atoms with E-state index in [1.807, 2.05) is 34.6 Å². The van der Waals surface area contributed by atoms with Gasteiger partial charge in [0.2, 0.25) is 0 Å². The van der Waals surface area contributed by atoms with Crippen LogP contribution >= 0.6 is 0 Å². The van der Waals surface area contributed by atoms with Crippen LogP contribution in [0.15, 0.2) is 11.6 Å². The van der Waals surface area contributed by atoms with Gasteiger partial charge in [0.15, 0.2) is 6.29 Å². The fourth-order valence-corrected chi connectivity index (χ4v) is 4.60. The van der Waals surface area contributed by atoms with Crippen LogP contribution in [0.4, 0.5) is 0 Å². The van der Waals surface area contributed by atoms with E-state index in [9.17, 15) is 25.5 Å². The summed E-state index contributed by atoms with van der Waals surface area (Å²) in [5.74, 6) is 0.00882. The first-order valence-electron chi connectivity index (χ1n) is 10.3. The van der Waals surface area contributed by atoms with Gasteiger partial charge in [0, 0.05) is 0 Å². The van der Waals surface area contributed by atoms with Crippen molar-refractivity contribution in [2.24, 2.45) is 11.8 Å². The van der Waals surface area contributed by atoms with Crippen LogP contribution in [-0.4, -0.2) is 74.0 Å². The summed E-state index contributed by atoms with van der Waals surface area (Å²) in [5, 5.41) is 50.6. The quantitative estimate of drug-likeness (QED) is 0.405. The third-order valence-electron chi connectivity index (χ3n) is 6.76. The minimum absolute atomic E-state index is 0.0194. The second-order valence-electron chi connectivity index (χ2n) is 9.24. The number of aliphatic hydroxyl groups is 5. The van der Waals surface area contributed by atoms with Crippen LogP contribution < -0.4 is 0 Å². The predicted octanol–water partition coefficient (Wildman–Crippen LogP) is 1.11. The summed E-state index contributed by atoms with van der Waals surface area (Å²) >= 11 is 0. The molecule has 7 heteroatoms. The Morgan fingerprint density at radius 1 is 1.21 bits per heavy atom. The summed E-state index contributed by atoms with van der Waals surface area (Å²) in [6, 6.07) is 0. The molecule has 2 rings (SSSR count). The smallest absolute Gasteiger partial charge is 0.187 e. The van der Waals surface area contributed by atoms with Crippen molar-refractivity contribution in [1.82, 2.24) is 0 Å². The molecule has 1 aliphatic heterocycles. The fraction of sp³-hybridized carbons (Fsp3) is 0.905. The first-order chi connectivity index (χ1) is 12.9. The highest BCUT2D eigenvalue weighted by Gasteiger charge is 2.53. The summed E-state index contributed by atoms with van der Waals surface area (Å²) in [6.07, 6.45) is -1.53. The Bertz CT molecular complexity index is 543. The summed E-state index contributed by atoms with van der Waals surface area (Å²) in [6.45, 7) is 9.36. The average molecular weight is 403 g/mol. The molecule has 0 aromatic carbocycles. The molecule has 9 unspecified atom stereocenters. The van der Waals surface area contributed by atoms with Crippen molar-refractivity contribution in [2.75, 3.05) is 6.61 Å². The van der Waals surface area contributed by atoms with Gasteiger partial charge < -0.3 is 35.0 Å². The molecule has 0 bridgehead atoms. The van der Waals surface area contributed by atoms with E-state index < -0.39 is 48.5 Å². The molecule has 0 aromatic rings. The van der Waals surface area contributed by atoms with Crippen LogP contribution in [0.1, 0.15) is 60.3 Å². The van der Waals surface area contributed by atoms with Gasteiger partial charge >= 0.3 is 0 Å². The topological polar surface area (TPSA) is 120 Å². The van der Waals surface area contributed by atoms with Crippen molar-refractivity contribution in [3.8, 4) is 0 Å². The number of ether oxygens (including phenoxy) is 2. The number of allylic oxidation sites excluding steroid dienone is 2. The average Bonchev–Trinajstić information content (AvgIpc) is 2.89. The second-order valence-corrected chi connectivity index (χ2v) is 9.24. The molecule has 1 aliphatic carbocycles. The molecular formula is C21H38O7. The third-order valence-corrected chi connectivity index (χ3v) is 6.76. The number of aliphatic hydroxyl groups excluding tert-OH is 4. The summed E-state index contributed by atoms with van der Waals surface area (Å²) in [7, 11) is 0. The lowest BCUT2D eigenvalue weighted by Crippen LogP contribution is -2.61. The molecule has 9 atom stereocenters. The lowest BCUT2D eigenvalue weighted by molar-refractivity contribution is -0.333. The van der Waals surface area contributed by atoms with Crippen LogP contribution in [0.25, 0.3) is 0 Å². The van der Waals surface area contributed by atoms with Crippen LogP contribution in [0.2, 0.25) is 0 Å². The molecule has 28 heavy (non-hydrogen) atoms. The zero-order valence-corrected chi connectivity index (χ0v) is 17.7. The van der Waals surface area contributed by atoms with E-state index in [0.29, 0.717) is 12.8 Å². The monoisotopic (exact) mass is 402 g/mol. The molecule has 1 saturated carbocycles. The first kappa shape index (κ1) is 23.7. The molecule has 5 N–H and O–H groups in total. The van der Waals surface area contributed by atoms with Crippen molar-refractivity contribution in [2.45, 2.75) is 102 Å². The Kier molecular flexibility index (Phi) is 7.70. The van der Waals surface area contributed by atoms with E-state index >= 15 is 0 Å². The Balaban J connectivity index is 2.25. The standard InChI is InChI=1S/C21H38O7/c1-12(2)7-6-9-21(5,14-8-10-20(4,26)13(14)3)28-19-18(25)17(24)16(23)15(11-22)27-19/h7,13-19,22-26H,6,8-11H2,1-5H3. The second kappa shape index (κ2) is 9.08. The van der Waals surface area contributed by atoms with Crippen LogP contribution in [0.5, 0.6) is 0 Å². The Morgan fingerprint density at radius 2 is 1.86 bits per heavy atom. The molecule has 0 aromatic heterocycles. The van der Waals surface area contributed by atoms with Gasteiger partial charge in [-0.25, -0.2) is 0 Å². The summed E-state index contributed by atoms with van der Waals surface area (Å²) in [5.41, 5.74) is -0.317. The maximum Gasteiger partial charge on any atom is 0.187 e.